The standard InChI is InChI=1S/C18H19FN4O6/c1-3-29-17(24)15-12-9-21(18(25)26)7-10(2)16(12)22(20-15)8-11-4-5-13(19)14(6-11)23(27)28/h4-6,10H,3,7-9H2,1-2H3,(H,25,26). The number of nitro benzene ring substituents is 1. The molecule has 10 nitrogen and oxygen atoms in total. The van der Waals surface area contributed by atoms with Crippen molar-refractivity contribution in [3.05, 3.63) is 56.6 Å². The van der Waals surface area contributed by atoms with Gasteiger partial charge in [-0.25, -0.2) is 9.59 Å². The van der Waals surface area contributed by atoms with E-state index in [2.05, 4.69) is 5.10 Å². The topological polar surface area (TPSA) is 128 Å². The lowest BCUT2D eigenvalue weighted by Gasteiger charge is -2.29. The summed E-state index contributed by atoms with van der Waals surface area (Å²) in [5, 5.41) is 24.7. The van der Waals surface area contributed by atoms with Gasteiger partial charge in [-0.1, -0.05) is 13.0 Å². The first-order valence-electron chi connectivity index (χ1n) is 8.90. The Morgan fingerprint density at radius 2 is 2.17 bits per heavy atom. The fraction of sp³-hybridized carbons (Fsp3) is 0.389. The first kappa shape index (κ1) is 20.2. The average Bonchev–Trinajstić information content (AvgIpc) is 3.02. The number of carbonyl (C=O) groups excluding carboxylic acids is 1. The van der Waals surface area contributed by atoms with E-state index in [0.29, 0.717) is 16.8 Å². The summed E-state index contributed by atoms with van der Waals surface area (Å²) in [6.45, 7) is 3.81. The highest BCUT2D eigenvalue weighted by molar-refractivity contribution is 5.89. The van der Waals surface area contributed by atoms with Gasteiger partial charge in [0.05, 0.1) is 24.6 Å². The predicted molar refractivity (Wildman–Crippen MR) is 97.2 cm³/mol. The fourth-order valence-electron chi connectivity index (χ4n) is 3.49. The van der Waals surface area contributed by atoms with Crippen molar-refractivity contribution in [1.29, 1.82) is 0 Å². The molecule has 2 heterocycles. The summed E-state index contributed by atoms with van der Waals surface area (Å²) in [4.78, 5) is 35.2. The van der Waals surface area contributed by atoms with Crippen LogP contribution in [0.5, 0.6) is 0 Å². The molecular formula is C18H19FN4O6. The van der Waals surface area contributed by atoms with E-state index >= 15 is 0 Å². The molecule has 0 fully saturated rings. The van der Waals surface area contributed by atoms with E-state index in [9.17, 15) is 29.2 Å². The molecule has 1 amide bonds. The van der Waals surface area contributed by atoms with Crippen LogP contribution >= 0.6 is 0 Å². The van der Waals surface area contributed by atoms with Gasteiger partial charge < -0.3 is 14.7 Å². The number of carbonyl (C=O) groups is 2. The Morgan fingerprint density at radius 3 is 2.79 bits per heavy atom. The van der Waals surface area contributed by atoms with Crippen molar-refractivity contribution in [2.75, 3.05) is 13.2 Å². The van der Waals surface area contributed by atoms with Crippen LogP contribution in [0.2, 0.25) is 0 Å². The third-order valence-corrected chi connectivity index (χ3v) is 4.68. The second-order valence-electron chi connectivity index (χ2n) is 6.70. The Bertz CT molecular complexity index is 989. The maximum atomic E-state index is 13.6. The molecule has 3 rings (SSSR count). The van der Waals surface area contributed by atoms with Gasteiger partial charge in [0.1, 0.15) is 0 Å². The number of benzene rings is 1. The second-order valence-corrected chi connectivity index (χ2v) is 6.70. The molecular weight excluding hydrogens is 387 g/mol. The molecule has 0 bridgehead atoms. The molecule has 154 valence electrons. The third kappa shape index (κ3) is 3.89. The zero-order chi connectivity index (χ0) is 21.3. The van der Waals surface area contributed by atoms with Gasteiger partial charge >= 0.3 is 17.7 Å². The van der Waals surface area contributed by atoms with Crippen LogP contribution in [0.15, 0.2) is 18.2 Å². The Kier molecular flexibility index (Phi) is 5.48. The average molecular weight is 406 g/mol. The normalized spacial score (nSPS) is 15.7. The van der Waals surface area contributed by atoms with Gasteiger partial charge in [0.15, 0.2) is 5.69 Å². The minimum atomic E-state index is -1.11. The largest absolute Gasteiger partial charge is 0.465 e. The van der Waals surface area contributed by atoms with Crippen LogP contribution in [0.1, 0.15) is 47.1 Å². The molecule has 1 atom stereocenters. The van der Waals surface area contributed by atoms with E-state index in [-0.39, 0.29) is 37.9 Å². The molecule has 1 unspecified atom stereocenters. The Morgan fingerprint density at radius 1 is 1.45 bits per heavy atom. The van der Waals surface area contributed by atoms with Gasteiger partial charge in [-0.3, -0.25) is 14.8 Å². The molecule has 1 aliphatic rings. The van der Waals surface area contributed by atoms with Crippen molar-refractivity contribution in [2.45, 2.75) is 32.9 Å². The maximum Gasteiger partial charge on any atom is 0.407 e. The number of amides is 1. The molecule has 1 N–H and O–H groups in total. The van der Waals surface area contributed by atoms with Gasteiger partial charge in [0.2, 0.25) is 5.82 Å². The monoisotopic (exact) mass is 406 g/mol. The van der Waals surface area contributed by atoms with Crippen molar-refractivity contribution in [1.82, 2.24) is 14.7 Å². The minimum absolute atomic E-state index is 0.0104. The second kappa shape index (κ2) is 7.86. The van der Waals surface area contributed by atoms with Gasteiger partial charge in [-0.2, -0.15) is 9.49 Å². The summed E-state index contributed by atoms with van der Waals surface area (Å²) < 4.78 is 20.2. The molecule has 1 aliphatic heterocycles. The SMILES string of the molecule is CCOC(=O)c1nn(Cc2ccc(F)c([N+](=O)[O-])c2)c2c1CN(C(=O)O)CC2C. The number of rotatable bonds is 5. The van der Waals surface area contributed by atoms with Crippen molar-refractivity contribution in [3.8, 4) is 0 Å². The number of hydrogen-bond donors (Lipinski definition) is 1. The van der Waals surface area contributed by atoms with Crippen molar-refractivity contribution in [2.24, 2.45) is 0 Å². The smallest absolute Gasteiger partial charge is 0.407 e. The van der Waals surface area contributed by atoms with E-state index in [1.807, 2.05) is 0 Å². The number of fused-ring (bicyclic) bond motifs is 1. The Balaban J connectivity index is 2.05. The molecule has 1 aromatic heterocycles. The quantitative estimate of drug-likeness (QED) is 0.459. The third-order valence-electron chi connectivity index (χ3n) is 4.68. The highest BCUT2D eigenvalue weighted by atomic mass is 19.1. The number of halogens is 1. The number of nitro groups is 1. The molecule has 1 aromatic carbocycles. The lowest BCUT2D eigenvalue weighted by molar-refractivity contribution is -0.387. The van der Waals surface area contributed by atoms with Gasteiger partial charge in [0.25, 0.3) is 0 Å². The van der Waals surface area contributed by atoms with Gasteiger partial charge in [-0.05, 0) is 18.6 Å². The summed E-state index contributed by atoms with van der Waals surface area (Å²) in [6, 6.07) is 3.52. The Labute approximate surface area is 164 Å². The van der Waals surface area contributed by atoms with E-state index in [1.54, 1.807) is 13.8 Å². The molecule has 0 radical (unpaired) electrons. The van der Waals surface area contributed by atoms with Crippen LogP contribution in [-0.4, -0.2) is 49.9 Å². The van der Waals surface area contributed by atoms with Crippen LogP contribution in [0.3, 0.4) is 0 Å². The van der Waals surface area contributed by atoms with E-state index in [0.717, 1.165) is 12.1 Å². The molecule has 0 spiro atoms. The summed E-state index contributed by atoms with van der Waals surface area (Å²) >= 11 is 0. The summed E-state index contributed by atoms with van der Waals surface area (Å²) in [6.07, 6.45) is -1.11. The number of carboxylic acid groups (broad SMARTS) is 1. The maximum absolute atomic E-state index is 13.6. The molecule has 0 aliphatic carbocycles. The van der Waals surface area contributed by atoms with Crippen molar-refractivity contribution in [3.63, 3.8) is 0 Å². The Hall–Kier alpha value is -3.50. The summed E-state index contributed by atoms with van der Waals surface area (Å²) in [5.74, 6) is -1.90. The number of esters is 1. The predicted octanol–water partition coefficient (Wildman–Crippen LogP) is 2.75. The minimum Gasteiger partial charge on any atom is -0.465 e. The van der Waals surface area contributed by atoms with Crippen LogP contribution < -0.4 is 0 Å². The zero-order valence-corrected chi connectivity index (χ0v) is 15.8. The summed E-state index contributed by atoms with van der Waals surface area (Å²) in [5.41, 5.74) is 0.876. The number of ether oxygens (including phenoxy) is 1. The summed E-state index contributed by atoms with van der Waals surface area (Å²) in [7, 11) is 0. The lowest BCUT2D eigenvalue weighted by atomic mass is 9.96. The fourth-order valence-corrected chi connectivity index (χ4v) is 3.49. The molecule has 29 heavy (non-hydrogen) atoms. The van der Waals surface area contributed by atoms with Crippen molar-refractivity contribution >= 4 is 17.7 Å². The molecule has 0 saturated heterocycles. The zero-order valence-electron chi connectivity index (χ0n) is 15.8. The lowest BCUT2D eigenvalue weighted by Crippen LogP contribution is -2.37. The van der Waals surface area contributed by atoms with Gasteiger partial charge in [0, 0.05) is 29.8 Å². The first-order valence-corrected chi connectivity index (χ1v) is 8.90. The molecule has 0 saturated carbocycles. The highest BCUT2D eigenvalue weighted by Crippen LogP contribution is 2.32. The number of hydrogen-bond acceptors (Lipinski definition) is 6. The first-order chi connectivity index (χ1) is 13.7. The van der Waals surface area contributed by atoms with Crippen LogP contribution in [-0.2, 0) is 17.8 Å². The van der Waals surface area contributed by atoms with Crippen molar-refractivity contribution < 1.29 is 28.7 Å². The molecule has 11 heteroatoms. The van der Waals surface area contributed by atoms with E-state index < -0.39 is 28.5 Å². The number of aromatic nitrogens is 2. The number of nitrogens with zero attached hydrogens (tertiary/aromatic N) is 4. The molecule has 2 aromatic rings. The van der Waals surface area contributed by atoms with E-state index in [4.69, 9.17) is 4.74 Å². The van der Waals surface area contributed by atoms with Crippen LogP contribution in [0, 0.1) is 15.9 Å². The van der Waals surface area contributed by atoms with Gasteiger partial charge in [-0.15, -0.1) is 0 Å². The van der Waals surface area contributed by atoms with Crippen LogP contribution in [0.4, 0.5) is 14.9 Å². The van der Waals surface area contributed by atoms with E-state index in [1.165, 1.54) is 15.6 Å². The highest BCUT2D eigenvalue weighted by Gasteiger charge is 2.34. The van der Waals surface area contributed by atoms with Crippen LogP contribution in [0.25, 0.3) is 0 Å².